The van der Waals surface area contributed by atoms with Gasteiger partial charge in [-0.2, -0.15) is 0 Å². The quantitative estimate of drug-likeness (QED) is 0.542. The molecule has 140 valence electrons. The van der Waals surface area contributed by atoms with Gasteiger partial charge in [0.15, 0.2) is 0 Å². The van der Waals surface area contributed by atoms with E-state index in [-0.39, 0.29) is 5.75 Å². The van der Waals surface area contributed by atoms with E-state index in [1.54, 1.807) is 12.1 Å². The van der Waals surface area contributed by atoms with Crippen molar-refractivity contribution in [1.82, 2.24) is 0 Å². The Morgan fingerprint density at radius 1 is 0.519 bits per heavy atom. The summed E-state index contributed by atoms with van der Waals surface area (Å²) < 4.78 is 0. The van der Waals surface area contributed by atoms with Gasteiger partial charge in [0.2, 0.25) is 0 Å². The summed E-state index contributed by atoms with van der Waals surface area (Å²) >= 11 is 0. The lowest BCUT2D eigenvalue weighted by atomic mass is 9.84. The van der Waals surface area contributed by atoms with E-state index in [2.05, 4.69) is 48.5 Å². The monoisotopic (exact) mass is 360 g/mol. The van der Waals surface area contributed by atoms with E-state index in [1.807, 2.05) is 24.3 Å². The topological polar surface area (TPSA) is 40.5 Å². The second kappa shape index (κ2) is 9.38. The molecule has 0 saturated carbocycles. The van der Waals surface area contributed by atoms with Crippen molar-refractivity contribution in [3.05, 3.63) is 102 Å². The maximum Gasteiger partial charge on any atom is 0.115 e. The van der Waals surface area contributed by atoms with Gasteiger partial charge in [-0.3, -0.25) is 0 Å². The van der Waals surface area contributed by atoms with Crippen LogP contribution in [0.4, 0.5) is 0 Å². The number of aliphatic hydroxyl groups is 1. The van der Waals surface area contributed by atoms with E-state index in [4.69, 9.17) is 0 Å². The van der Waals surface area contributed by atoms with Crippen LogP contribution in [0.1, 0.15) is 36.0 Å². The van der Waals surface area contributed by atoms with Gasteiger partial charge >= 0.3 is 0 Å². The van der Waals surface area contributed by atoms with Crippen LogP contribution in [0.3, 0.4) is 0 Å². The highest BCUT2D eigenvalue weighted by Crippen LogP contribution is 2.27. The number of hydrogen-bond acceptors (Lipinski definition) is 2. The van der Waals surface area contributed by atoms with Crippen molar-refractivity contribution in [3.63, 3.8) is 0 Å². The van der Waals surface area contributed by atoms with Gasteiger partial charge in [-0.25, -0.2) is 0 Å². The van der Waals surface area contributed by atoms with Crippen molar-refractivity contribution in [2.24, 2.45) is 0 Å². The number of aromatic hydroxyl groups is 1. The van der Waals surface area contributed by atoms with Crippen LogP contribution < -0.4 is 0 Å². The van der Waals surface area contributed by atoms with E-state index < -0.39 is 5.60 Å². The van der Waals surface area contributed by atoms with Crippen LogP contribution in [0.15, 0.2) is 84.9 Å². The molecule has 0 atom stereocenters. The minimum Gasteiger partial charge on any atom is -0.508 e. The molecule has 27 heavy (non-hydrogen) atoms. The molecule has 2 heteroatoms. The van der Waals surface area contributed by atoms with Gasteiger partial charge in [0.1, 0.15) is 5.75 Å². The number of phenols is 1. The Hall–Kier alpha value is -2.58. The molecule has 0 unspecified atom stereocenters. The maximum atomic E-state index is 11.4. The maximum absolute atomic E-state index is 11.4. The lowest BCUT2D eigenvalue weighted by Crippen LogP contribution is -2.31. The zero-order chi connectivity index (χ0) is 19.0. The Morgan fingerprint density at radius 2 is 0.889 bits per heavy atom. The minimum atomic E-state index is -0.705. The van der Waals surface area contributed by atoms with Gasteiger partial charge in [-0.15, -0.1) is 0 Å². The highest BCUT2D eigenvalue weighted by Gasteiger charge is 2.26. The second-order valence-electron chi connectivity index (χ2n) is 7.36. The minimum absolute atomic E-state index is 0.280. The normalized spacial score (nSPS) is 11.4. The van der Waals surface area contributed by atoms with Gasteiger partial charge in [0, 0.05) is 0 Å². The fourth-order valence-corrected chi connectivity index (χ4v) is 3.46. The summed E-state index contributed by atoms with van der Waals surface area (Å²) in [5, 5.41) is 20.9. The lowest BCUT2D eigenvalue weighted by Gasteiger charge is -2.29. The zero-order valence-corrected chi connectivity index (χ0v) is 15.7. The van der Waals surface area contributed by atoms with Crippen LogP contribution >= 0.6 is 0 Å². The first-order chi connectivity index (χ1) is 13.1. The molecular weight excluding hydrogens is 332 g/mol. The van der Waals surface area contributed by atoms with Gasteiger partial charge in [-0.1, -0.05) is 72.8 Å². The summed E-state index contributed by atoms with van der Waals surface area (Å²) in [4.78, 5) is 0. The van der Waals surface area contributed by atoms with Gasteiger partial charge < -0.3 is 10.2 Å². The van der Waals surface area contributed by atoms with Crippen molar-refractivity contribution in [2.45, 2.75) is 44.1 Å². The fraction of sp³-hybridized carbons (Fsp3) is 0.280. The number of benzene rings is 3. The fourth-order valence-electron chi connectivity index (χ4n) is 3.46. The molecule has 2 N–H and O–H groups in total. The average molecular weight is 360 g/mol. The third-order valence-electron chi connectivity index (χ3n) is 5.26. The molecule has 3 aromatic carbocycles. The summed E-state index contributed by atoms with van der Waals surface area (Å²) in [5.74, 6) is 0.280. The molecule has 0 amide bonds. The molecule has 3 aromatic rings. The zero-order valence-electron chi connectivity index (χ0n) is 15.7. The average Bonchev–Trinajstić information content (AvgIpc) is 2.72. The molecule has 3 rings (SSSR count). The van der Waals surface area contributed by atoms with Crippen LogP contribution in [0.2, 0.25) is 0 Å². The standard InChI is InChI=1S/C25H28O2/c26-24-13-11-23(12-14-24)17-20-25(27,18-15-21-7-3-1-4-8-21)19-16-22-9-5-2-6-10-22/h1-14,26-27H,15-20H2. The van der Waals surface area contributed by atoms with E-state index in [9.17, 15) is 10.2 Å². The van der Waals surface area contributed by atoms with Crippen LogP contribution in [0.25, 0.3) is 0 Å². The Labute approximate surface area is 162 Å². The molecule has 0 radical (unpaired) electrons. The number of rotatable bonds is 9. The molecule has 0 aliphatic heterocycles. The SMILES string of the molecule is Oc1ccc(CCC(O)(CCc2ccccc2)CCc2ccccc2)cc1. The first-order valence-electron chi connectivity index (χ1n) is 9.71. The molecule has 2 nitrogen and oxygen atoms in total. The smallest absolute Gasteiger partial charge is 0.115 e. The first kappa shape index (κ1) is 19.2. The predicted molar refractivity (Wildman–Crippen MR) is 111 cm³/mol. The molecule has 0 aliphatic rings. The number of hydrogen-bond donors (Lipinski definition) is 2. The van der Waals surface area contributed by atoms with Crippen molar-refractivity contribution in [2.75, 3.05) is 0 Å². The van der Waals surface area contributed by atoms with Crippen LogP contribution in [0.5, 0.6) is 5.75 Å². The Bertz CT molecular complexity index is 751. The molecule has 0 aromatic heterocycles. The van der Waals surface area contributed by atoms with Gasteiger partial charge in [0.05, 0.1) is 5.60 Å². The largest absolute Gasteiger partial charge is 0.508 e. The summed E-state index contributed by atoms with van der Waals surface area (Å²) in [5.41, 5.74) is 2.97. The van der Waals surface area contributed by atoms with Gasteiger partial charge in [-0.05, 0) is 67.3 Å². The van der Waals surface area contributed by atoms with E-state index >= 15 is 0 Å². The summed E-state index contributed by atoms with van der Waals surface area (Å²) in [6, 6.07) is 28.0. The van der Waals surface area contributed by atoms with Gasteiger partial charge in [0.25, 0.3) is 0 Å². The first-order valence-corrected chi connectivity index (χ1v) is 9.71. The third-order valence-corrected chi connectivity index (χ3v) is 5.26. The Balaban J connectivity index is 1.65. The summed E-state index contributed by atoms with van der Waals surface area (Å²) in [6.45, 7) is 0. The summed E-state index contributed by atoms with van der Waals surface area (Å²) in [7, 11) is 0. The second-order valence-corrected chi connectivity index (χ2v) is 7.36. The third kappa shape index (κ3) is 6.26. The molecule has 0 saturated heterocycles. The van der Waals surface area contributed by atoms with E-state index in [1.165, 1.54) is 11.1 Å². The Kier molecular flexibility index (Phi) is 6.67. The number of phenolic OH excluding ortho intramolecular Hbond substituents is 1. The highest BCUT2D eigenvalue weighted by atomic mass is 16.3. The van der Waals surface area contributed by atoms with Crippen molar-refractivity contribution >= 4 is 0 Å². The van der Waals surface area contributed by atoms with E-state index in [0.29, 0.717) is 0 Å². The van der Waals surface area contributed by atoms with Crippen molar-refractivity contribution in [3.8, 4) is 5.75 Å². The van der Waals surface area contributed by atoms with Crippen LogP contribution in [-0.2, 0) is 19.3 Å². The molecular formula is C25H28O2. The molecule has 0 spiro atoms. The summed E-state index contributed by atoms with van der Waals surface area (Å²) in [6.07, 6.45) is 4.78. The predicted octanol–water partition coefficient (Wildman–Crippen LogP) is 5.32. The highest BCUT2D eigenvalue weighted by molar-refractivity contribution is 5.26. The Morgan fingerprint density at radius 3 is 1.30 bits per heavy atom. The molecule has 0 bridgehead atoms. The number of aryl methyl sites for hydroxylation is 3. The van der Waals surface area contributed by atoms with E-state index in [0.717, 1.165) is 44.1 Å². The van der Waals surface area contributed by atoms with Crippen LogP contribution in [-0.4, -0.2) is 15.8 Å². The molecule has 0 heterocycles. The van der Waals surface area contributed by atoms with Crippen LogP contribution in [0, 0.1) is 0 Å². The lowest BCUT2D eigenvalue weighted by molar-refractivity contribution is 0.0151. The molecule has 0 fully saturated rings. The molecule has 0 aliphatic carbocycles. The van der Waals surface area contributed by atoms with Crippen molar-refractivity contribution < 1.29 is 10.2 Å². The van der Waals surface area contributed by atoms with Crippen molar-refractivity contribution in [1.29, 1.82) is 0 Å².